The van der Waals surface area contributed by atoms with E-state index >= 15 is 0 Å². The molecule has 1 aliphatic rings. The number of nitro groups is 1. The van der Waals surface area contributed by atoms with Crippen molar-refractivity contribution in [3.63, 3.8) is 0 Å². The van der Waals surface area contributed by atoms with Gasteiger partial charge in [0.15, 0.2) is 0 Å². The molecule has 0 aromatic carbocycles. The van der Waals surface area contributed by atoms with E-state index in [2.05, 4.69) is 6.58 Å². The topological polar surface area (TPSA) is 43.1 Å². The van der Waals surface area contributed by atoms with Gasteiger partial charge in [-0.05, 0) is 25.7 Å². The second kappa shape index (κ2) is 4.04. The summed E-state index contributed by atoms with van der Waals surface area (Å²) in [5, 5.41) is 10.5. The Balaban J connectivity index is 2.63. The van der Waals surface area contributed by atoms with Gasteiger partial charge < -0.3 is 0 Å². The van der Waals surface area contributed by atoms with Gasteiger partial charge in [0, 0.05) is 12.0 Å². The Kier molecular flexibility index (Phi) is 3.02. The van der Waals surface area contributed by atoms with Crippen LogP contribution in [-0.2, 0) is 0 Å². The van der Waals surface area contributed by atoms with Crippen LogP contribution in [0.2, 0.25) is 0 Å². The molecule has 0 heterocycles. The molecule has 3 nitrogen and oxygen atoms in total. The summed E-state index contributed by atoms with van der Waals surface area (Å²) in [6, 6.07) is 0. The van der Waals surface area contributed by atoms with Gasteiger partial charge in [-0.1, -0.05) is 6.08 Å². The van der Waals surface area contributed by atoms with Gasteiger partial charge in [-0.15, -0.1) is 6.58 Å². The van der Waals surface area contributed by atoms with Crippen LogP contribution >= 0.6 is 0 Å². The van der Waals surface area contributed by atoms with E-state index in [1.807, 2.05) is 6.08 Å². The van der Waals surface area contributed by atoms with Crippen molar-refractivity contribution < 1.29 is 4.92 Å². The van der Waals surface area contributed by atoms with Crippen molar-refractivity contribution in [3.05, 3.63) is 34.0 Å². The summed E-state index contributed by atoms with van der Waals surface area (Å²) in [7, 11) is 0. The number of hydrogen-bond acceptors (Lipinski definition) is 2. The van der Waals surface area contributed by atoms with Gasteiger partial charge in [0.25, 0.3) is 0 Å². The maximum atomic E-state index is 10.5. The molecule has 3 heteroatoms. The van der Waals surface area contributed by atoms with E-state index in [0.29, 0.717) is 12.1 Å². The van der Waals surface area contributed by atoms with Crippen molar-refractivity contribution in [2.75, 3.05) is 0 Å². The Bertz CT molecular complexity index is 231. The predicted octanol–water partition coefficient (Wildman–Crippen LogP) is 2.67. The second-order valence-electron chi connectivity index (χ2n) is 2.99. The van der Waals surface area contributed by atoms with Crippen LogP contribution in [0, 0.1) is 10.1 Å². The van der Waals surface area contributed by atoms with Crippen LogP contribution in [0.25, 0.3) is 0 Å². The maximum Gasteiger partial charge on any atom is 0.245 e. The third-order valence-electron chi connectivity index (χ3n) is 2.17. The molecule has 0 spiro atoms. The lowest BCUT2D eigenvalue weighted by molar-refractivity contribution is -0.428. The number of hydrogen-bond donors (Lipinski definition) is 0. The molecule has 0 N–H and O–H groups in total. The SMILES string of the molecule is C=CCCC1=C([N+](=O)[O-])CCC1. The van der Waals surface area contributed by atoms with Gasteiger partial charge in [0.2, 0.25) is 5.70 Å². The fourth-order valence-corrected chi connectivity index (χ4v) is 1.56. The molecule has 12 heavy (non-hydrogen) atoms. The van der Waals surface area contributed by atoms with E-state index in [9.17, 15) is 10.1 Å². The van der Waals surface area contributed by atoms with Crippen molar-refractivity contribution in [1.82, 2.24) is 0 Å². The van der Waals surface area contributed by atoms with Gasteiger partial charge in [-0.2, -0.15) is 0 Å². The lowest BCUT2D eigenvalue weighted by Gasteiger charge is -1.97. The molecule has 1 aliphatic carbocycles. The zero-order valence-corrected chi connectivity index (χ0v) is 7.08. The molecule has 0 atom stereocenters. The first-order valence-corrected chi connectivity index (χ1v) is 4.22. The monoisotopic (exact) mass is 167 g/mol. The number of allylic oxidation sites excluding steroid dienone is 3. The summed E-state index contributed by atoms with van der Waals surface area (Å²) in [6.45, 7) is 3.60. The Labute approximate surface area is 71.9 Å². The zero-order valence-electron chi connectivity index (χ0n) is 7.08. The highest BCUT2D eigenvalue weighted by molar-refractivity contribution is 5.13. The van der Waals surface area contributed by atoms with Gasteiger partial charge in [0.1, 0.15) is 0 Å². The quantitative estimate of drug-likeness (QED) is 0.367. The van der Waals surface area contributed by atoms with E-state index < -0.39 is 0 Å². The first kappa shape index (κ1) is 8.97. The average Bonchev–Trinajstić information content (AvgIpc) is 2.48. The number of rotatable bonds is 4. The Hall–Kier alpha value is -1.12. The van der Waals surface area contributed by atoms with Crippen LogP contribution in [0.1, 0.15) is 32.1 Å². The van der Waals surface area contributed by atoms with Crippen LogP contribution in [-0.4, -0.2) is 4.92 Å². The molecule has 0 unspecified atom stereocenters. The van der Waals surface area contributed by atoms with Crippen LogP contribution in [0.4, 0.5) is 0 Å². The molecular formula is C9H13NO2. The minimum atomic E-state index is -0.231. The highest BCUT2D eigenvalue weighted by Gasteiger charge is 2.22. The van der Waals surface area contributed by atoms with E-state index in [-0.39, 0.29) is 4.92 Å². The molecule has 0 aliphatic heterocycles. The highest BCUT2D eigenvalue weighted by atomic mass is 16.6. The average molecular weight is 167 g/mol. The van der Waals surface area contributed by atoms with Gasteiger partial charge in [0.05, 0.1) is 4.92 Å². The van der Waals surface area contributed by atoms with Crippen molar-refractivity contribution in [2.45, 2.75) is 32.1 Å². The molecule has 1 rings (SSSR count). The van der Waals surface area contributed by atoms with Crippen molar-refractivity contribution >= 4 is 0 Å². The minimum absolute atomic E-state index is 0.231. The molecule has 0 radical (unpaired) electrons. The summed E-state index contributed by atoms with van der Waals surface area (Å²) >= 11 is 0. The van der Waals surface area contributed by atoms with E-state index in [1.54, 1.807) is 0 Å². The maximum absolute atomic E-state index is 10.5. The lowest BCUT2D eigenvalue weighted by atomic mass is 10.1. The lowest BCUT2D eigenvalue weighted by Crippen LogP contribution is -1.97. The van der Waals surface area contributed by atoms with E-state index in [4.69, 9.17) is 0 Å². The highest BCUT2D eigenvalue weighted by Crippen LogP contribution is 2.29. The molecule has 66 valence electrons. The molecule has 0 saturated carbocycles. The van der Waals surface area contributed by atoms with Crippen molar-refractivity contribution in [3.8, 4) is 0 Å². The fraction of sp³-hybridized carbons (Fsp3) is 0.556. The first-order valence-electron chi connectivity index (χ1n) is 4.22. The molecule has 0 aromatic rings. The standard InChI is InChI=1S/C9H13NO2/c1-2-3-5-8-6-4-7-9(8)10(11)12/h2H,1,3-7H2. The van der Waals surface area contributed by atoms with Gasteiger partial charge in [-0.25, -0.2) is 0 Å². The summed E-state index contributed by atoms with van der Waals surface area (Å²) in [5.74, 6) is 0. The Morgan fingerprint density at radius 1 is 1.58 bits per heavy atom. The third kappa shape index (κ3) is 1.94. The molecule has 0 bridgehead atoms. The van der Waals surface area contributed by atoms with Crippen LogP contribution < -0.4 is 0 Å². The molecule has 0 amide bonds. The third-order valence-corrected chi connectivity index (χ3v) is 2.17. The number of nitrogens with zero attached hydrogens (tertiary/aromatic N) is 1. The summed E-state index contributed by atoms with van der Waals surface area (Å²) in [4.78, 5) is 10.3. The Morgan fingerprint density at radius 3 is 2.92 bits per heavy atom. The second-order valence-corrected chi connectivity index (χ2v) is 2.99. The smallest absolute Gasteiger partial charge is 0.245 e. The van der Waals surface area contributed by atoms with Crippen LogP contribution in [0.3, 0.4) is 0 Å². The van der Waals surface area contributed by atoms with Crippen molar-refractivity contribution in [2.24, 2.45) is 0 Å². The van der Waals surface area contributed by atoms with Crippen LogP contribution in [0.15, 0.2) is 23.9 Å². The summed E-state index contributed by atoms with van der Waals surface area (Å²) in [6.07, 6.45) is 5.99. The predicted molar refractivity (Wildman–Crippen MR) is 47.3 cm³/mol. The molecule has 0 aromatic heterocycles. The Morgan fingerprint density at radius 2 is 2.33 bits per heavy atom. The van der Waals surface area contributed by atoms with Gasteiger partial charge in [-0.3, -0.25) is 10.1 Å². The van der Waals surface area contributed by atoms with E-state index in [0.717, 1.165) is 31.3 Å². The molecule has 0 saturated heterocycles. The largest absolute Gasteiger partial charge is 0.259 e. The normalized spacial score (nSPS) is 16.7. The van der Waals surface area contributed by atoms with E-state index in [1.165, 1.54) is 0 Å². The molecular weight excluding hydrogens is 154 g/mol. The summed E-state index contributed by atoms with van der Waals surface area (Å²) in [5.41, 5.74) is 1.48. The fourth-order valence-electron chi connectivity index (χ4n) is 1.56. The zero-order chi connectivity index (χ0) is 8.97. The van der Waals surface area contributed by atoms with Crippen molar-refractivity contribution in [1.29, 1.82) is 0 Å². The first-order chi connectivity index (χ1) is 5.75. The van der Waals surface area contributed by atoms with Gasteiger partial charge >= 0.3 is 0 Å². The minimum Gasteiger partial charge on any atom is -0.259 e. The molecule has 0 fully saturated rings. The summed E-state index contributed by atoms with van der Waals surface area (Å²) < 4.78 is 0. The van der Waals surface area contributed by atoms with Crippen LogP contribution in [0.5, 0.6) is 0 Å².